The van der Waals surface area contributed by atoms with E-state index in [1.54, 1.807) is 83.8 Å². The van der Waals surface area contributed by atoms with Gasteiger partial charge in [-0.1, -0.05) is 124 Å². The molecular weight excluding hydrogens is 1620 g/mol. The number of hydrogen-bond acceptors (Lipinski definition) is 21. The molecule has 0 spiro atoms. The van der Waals surface area contributed by atoms with Crippen LogP contribution in [0.2, 0.25) is 15.1 Å². The maximum atomic E-state index is 14.2. The molecule has 0 bridgehead atoms. The molecule has 7 aromatic rings. The molecule has 5 heterocycles. The second kappa shape index (κ2) is 45.2. The summed E-state index contributed by atoms with van der Waals surface area (Å²) in [4.78, 5) is 96.5. The number of fused-ring (bicyclic) bond motifs is 2. The monoisotopic (exact) mass is 1690 g/mol. The standard InChI is InChI=1S/C23H24ClFN6O5S.C13H17ClFN3O3S.C10H9BrClFO.C10H9N3O3.C4H10N2O2S.CH2O3.2K.H/c1-37(35,36)29-10-15(11-29)30(12-19(32)27-9-14-5-4-7-17(24)21(14)25)20(33)13-31-18-8-3-2-6-16(18)22(28-31)23(26)34;14-11-3-1-2-9(13(11)15)4-17-12(19)5-16-10-6-18(7-10)8-22(20)21;11-6-8(14)5-4-7-2-1-3-9(12)10(7)13;11-10(16)9-6-3-1-2-4-7(6)13(12-9)5-8(14)15;1-9(7,8)6-2-4(5)3-6;2-1-4-3;;;/h2-8,15H,9-13H2,1H3,(H2,26,34)(H,27,32);1-3,10,16H,4-8H2,(H,17,19)(H,20,21);1-3H,4-6H2;1-4H,5H2,(H2,11,16)(H,14,15);4H,2-3,5H2,1H3;1,3H;;;/q;;;;;;2*+1;-1/p-2. The smallest absolute Gasteiger partial charge is 1.00 e. The summed E-state index contributed by atoms with van der Waals surface area (Å²) < 4.78 is 112. The van der Waals surface area contributed by atoms with E-state index in [0.717, 1.165) is 6.26 Å². The number of aryl methyl sites for hydroxylation is 1. The van der Waals surface area contributed by atoms with E-state index < -0.39 is 90.8 Å². The van der Waals surface area contributed by atoms with Gasteiger partial charge in [-0.05, 0) is 53.4 Å². The van der Waals surface area contributed by atoms with Crippen LogP contribution >= 0.6 is 50.7 Å². The van der Waals surface area contributed by atoms with Crippen LogP contribution in [0.3, 0.4) is 0 Å². The van der Waals surface area contributed by atoms with Crippen molar-refractivity contribution in [2.45, 2.75) is 57.1 Å². The maximum Gasteiger partial charge on any atom is 1.00 e. The minimum Gasteiger partial charge on any atom is -1.00 e. The van der Waals surface area contributed by atoms with E-state index in [4.69, 9.17) is 67.2 Å². The van der Waals surface area contributed by atoms with Crippen LogP contribution in [-0.4, -0.2) is 211 Å². The molecule has 10 N–H and O–H groups in total. The molecule has 104 heavy (non-hydrogen) atoms. The van der Waals surface area contributed by atoms with Crippen molar-refractivity contribution in [2.75, 3.05) is 76.1 Å². The number of aromatic nitrogens is 4. The normalized spacial score (nSPS) is 14.0. The van der Waals surface area contributed by atoms with Gasteiger partial charge in [0, 0.05) is 92.8 Å². The second-order valence-corrected chi connectivity index (χ2v) is 29.0. The zero-order chi connectivity index (χ0) is 75.8. The minimum absolute atomic E-state index is 0. The quantitative estimate of drug-likeness (QED) is 0.00710. The summed E-state index contributed by atoms with van der Waals surface area (Å²) in [6.45, 7) is 1.00. The van der Waals surface area contributed by atoms with E-state index >= 15 is 0 Å². The minimum atomic E-state index is -3.46. The molecule has 556 valence electrons. The summed E-state index contributed by atoms with van der Waals surface area (Å²) in [5, 5.41) is 34.8. The van der Waals surface area contributed by atoms with Gasteiger partial charge in [0.25, 0.3) is 18.3 Å². The number of amides is 5. The molecule has 1 atom stereocenters. The van der Waals surface area contributed by atoms with Crippen LogP contribution < -0.4 is 141 Å². The molecule has 2 aromatic heterocycles. The van der Waals surface area contributed by atoms with Crippen LogP contribution in [0.15, 0.2) is 103 Å². The van der Waals surface area contributed by atoms with Gasteiger partial charge in [-0.25, -0.2) is 30.0 Å². The van der Waals surface area contributed by atoms with Crippen molar-refractivity contribution in [3.05, 3.63) is 164 Å². The van der Waals surface area contributed by atoms with E-state index in [1.165, 1.54) is 53.4 Å². The van der Waals surface area contributed by atoms with Gasteiger partial charge >= 0.3 is 109 Å². The number of aliphatic carboxylic acids is 1. The summed E-state index contributed by atoms with van der Waals surface area (Å²) in [5.74, 6) is -5.34. The molecule has 0 saturated carbocycles. The van der Waals surface area contributed by atoms with Gasteiger partial charge in [-0.2, -0.15) is 18.8 Å². The Morgan fingerprint density at radius 2 is 1.12 bits per heavy atom. The van der Waals surface area contributed by atoms with Crippen molar-refractivity contribution in [3.63, 3.8) is 0 Å². The number of Topliss-reactive ketones (excluding diaryl/α,β-unsaturated/α-hetero) is 1. The Morgan fingerprint density at radius 1 is 0.702 bits per heavy atom. The van der Waals surface area contributed by atoms with Gasteiger partial charge < -0.3 is 59.3 Å². The first-order valence-electron chi connectivity index (χ1n) is 29.9. The Hall–Kier alpha value is -4.82. The molecule has 5 amide bonds. The number of primary amides is 2. The van der Waals surface area contributed by atoms with Crippen LogP contribution in [0.1, 0.15) is 45.5 Å². The zero-order valence-corrected chi connectivity index (χ0v) is 68.6. The molecule has 10 rings (SSSR count). The van der Waals surface area contributed by atoms with Crippen molar-refractivity contribution in [1.82, 2.24) is 53.9 Å². The predicted octanol–water partition coefficient (Wildman–Crippen LogP) is -4.34. The van der Waals surface area contributed by atoms with Gasteiger partial charge in [0.05, 0.1) is 69.0 Å². The SMILES string of the molecule is CS(=O)(=O)N1CC(N(CC(=O)NCc2cccc(Cl)c2F)C(=O)Cn2nc(C(N)=O)c3ccccc32)C1.CS(=O)(=O)N1CC(N)C1.NC(=O)c1nn(CC(=O)O)c2ccccc12.O=C(CBr)CCc1cccc(Cl)c1F.O=C(CNC1CN(CS(=O)[O-])C1)NCc1cccc(Cl)c1F.O=CO[O-].[H-].[K+].[K+]. The molecule has 5 aromatic carbocycles. The van der Waals surface area contributed by atoms with E-state index in [0.29, 0.717) is 77.3 Å². The van der Waals surface area contributed by atoms with Crippen molar-refractivity contribution in [2.24, 2.45) is 17.2 Å². The third kappa shape index (κ3) is 29.6. The Morgan fingerprint density at radius 3 is 1.53 bits per heavy atom. The number of para-hydroxylation sites is 2. The van der Waals surface area contributed by atoms with E-state index in [9.17, 15) is 72.3 Å². The van der Waals surface area contributed by atoms with Gasteiger partial charge in [0.1, 0.15) is 36.3 Å². The first-order valence-corrected chi connectivity index (χ1v) is 37.1. The van der Waals surface area contributed by atoms with Crippen molar-refractivity contribution >= 4 is 151 Å². The van der Waals surface area contributed by atoms with Gasteiger partial charge in [-0.15, -0.1) is 0 Å². The number of likely N-dealkylation sites (tertiary alicyclic amines) is 1. The van der Waals surface area contributed by atoms with Crippen molar-refractivity contribution in [3.8, 4) is 0 Å². The number of rotatable bonds is 25. The maximum absolute atomic E-state index is 14.2. The summed E-state index contributed by atoms with van der Waals surface area (Å²) in [5.41, 5.74) is 18.1. The third-order valence-corrected chi connectivity index (χ3v) is 19.3. The zero-order valence-electron chi connectivity index (χ0n) is 57.1. The molecule has 0 radical (unpaired) electrons. The number of nitrogens with two attached hydrogens (primary N) is 3. The number of carboxylic acids is 1. The summed E-state index contributed by atoms with van der Waals surface area (Å²) in [6, 6.07) is 27.0. The number of carbonyl (C=O) groups is 8. The molecule has 43 heteroatoms. The van der Waals surface area contributed by atoms with Crippen LogP contribution in [0, 0.1) is 17.5 Å². The average Bonchev–Trinajstić information content (AvgIpc) is 1.72. The predicted molar refractivity (Wildman–Crippen MR) is 371 cm³/mol. The van der Waals surface area contributed by atoms with Crippen molar-refractivity contribution in [1.29, 1.82) is 0 Å². The molecular formula is C61H70BrCl3F3K2N14O17S3-. The molecule has 31 nitrogen and oxygen atoms in total. The summed E-state index contributed by atoms with van der Waals surface area (Å²) in [7, 11) is -6.41. The largest absolute Gasteiger partial charge is 1.00 e. The summed E-state index contributed by atoms with van der Waals surface area (Å²) in [6.07, 6.45) is 2.99. The molecule has 3 saturated heterocycles. The first kappa shape index (κ1) is 93.4. The van der Waals surface area contributed by atoms with E-state index in [1.807, 2.05) is 0 Å². The fourth-order valence-corrected chi connectivity index (χ4v) is 12.7. The number of nitrogens with one attached hydrogen (secondary N) is 3. The topological polar surface area (TPSA) is 460 Å². The van der Waals surface area contributed by atoms with Crippen LogP contribution in [0.4, 0.5) is 13.2 Å². The number of alkyl halides is 1. The molecule has 3 aliphatic heterocycles. The molecule has 3 aliphatic rings. The van der Waals surface area contributed by atoms with E-state index in [-0.39, 0.29) is 218 Å². The number of hydrogen-bond donors (Lipinski definition) is 7. The number of carboxylic acid groups (broad SMARTS) is 1. The van der Waals surface area contributed by atoms with Crippen LogP contribution in [0.5, 0.6) is 0 Å². The fraction of sp³-hybridized carbons (Fsp3) is 0.344. The molecule has 1 unspecified atom stereocenters. The number of ketones is 1. The Balaban J connectivity index is 0.000000471. The Bertz CT molecular complexity index is 4420. The van der Waals surface area contributed by atoms with E-state index in [2.05, 4.69) is 47.0 Å². The molecule has 3 fully saturated rings. The number of halogens is 7. The number of carbonyl (C=O) groups excluding carboxylic acids is 7. The molecule has 0 aliphatic carbocycles. The van der Waals surface area contributed by atoms with Crippen LogP contribution in [-0.2, 0) is 97.4 Å². The average molecular weight is 1690 g/mol. The number of sulfonamides is 2. The van der Waals surface area contributed by atoms with Crippen LogP contribution in [0.25, 0.3) is 21.8 Å². The second-order valence-electron chi connectivity index (χ2n) is 22.4. The third-order valence-electron chi connectivity index (χ3n) is 14.8. The fourth-order valence-electron chi connectivity index (χ4n) is 9.56. The van der Waals surface area contributed by atoms with Gasteiger partial charge in [-0.3, -0.25) is 56.8 Å². The number of benzene rings is 5. The summed E-state index contributed by atoms with van der Waals surface area (Å²) >= 11 is 18.0. The van der Waals surface area contributed by atoms with Crippen molar-refractivity contribution < 1.29 is 197 Å². The van der Waals surface area contributed by atoms with Gasteiger partial charge in [0.15, 0.2) is 11.4 Å². The Kier molecular flexibility index (Phi) is 40.6. The first-order chi connectivity index (χ1) is 48.1. The van der Waals surface area contributed by atoms with Gasteiger partial charge in [0.2, 0.25) is 37.8 Å². The number of nitrogens with zero attached hydrogens (tertiary/aromatic N) is 8. The Labute approximate surface area is 707 Å².